The smallest absolute Gasteiger partial charge is 0.319 e. The van der Waals surface area contributed by atoms with Gasteiger partial charge in [0.1, 0.15) is 0 Å². The maximum absolute atomic E-state index is 11.7. The third-order valence-corrected chi connectivity index (χ3v) is 4.58. The summed E-state index contributed by atoms with van der Waals surface area (Å²) in [6, 6.07) is 6.51. The molecule has 2 N–H and O–H groups in total. The number of carbonyl (C=O) groups excluding carboxylic acids is 1. The summed E-state index contributed by atoms with van der Waals surface area (Å²) in [5, 5.41) is 8.34. The molecule has 0 aliphatic heterocycles. The van der Waals surface area contributed by atoms with Crippen molar-refractivity contribution in [2.75, 3.05) is 5.32 Å². The molecule has 1 aromatic heterocycles. The SMILES string of the molecule is O=C(NCc1sccc1Br)Nc1cc(Cl)cc(Cl)c1. The van der Waals surface area contributed by atoms with E-state index in [2.05, 4.69) is 26.6 Å². The summed E-state index contributed by atoms with van der Waals surface area (Å²) in [5.74, 6) is 0. The standard InChI is InChI=1S/C12H9BrCl2N2OS/c13-10-1-2-19-11(10)6-16-12(18)17-9-4-7(14)3-8(15)5-9/h1-5H,6H2,(H2,16,17,18). The van der Waals surface area contributed by atoms with Crippen LogP contribution in [-0.2, 0) is 6.54 Å². The van der Waals surface area contributed by atoms with Crippen LogP contribution in [0.2, 0.25) is 10.0 Å². The molecular weight excluding hydrogens is 371 g/mol. The van der Waals surface area contributed by atoms with Crippen molar-refractivity contribution in [1.82, 2.24) is 5.32 Å². The Morgan fingerprint density at radius 1 is 1.26 bits per heavy atom. The van der Waals surface area contributed by atoms with Crippen LogP contribution in [-0.4, -0.2) is 6.03 Å². The van der Waals surface area contributed by atoms with Gasteiger partial charge in [0.2, 0.25) is 0 Å². The Hall–Kier alpha value is -0.750. The van der Waals surface area contributed by atoms with E-state index in [4.69, 9.17) is 23.2 Å². The lowest BCUT2D eigenvalue weighted by Crippen LogP contribution is -2.27. The zero-order chi connectivity index (χ0) is 13.8. The number of hydrogen-bond donors (Lipinski definition) is 2. The van der Waals surface area contributed by atoms with Crippen LogP contribution in [0.4, 0.5) is 10.5 Å². The molecule has 0 aliphatic rings. The second-order valence-corrected chi connectivity index (χ2v) is 6.39. The molecule has 2 rings (SSSR count). The van der Waals surface area contributed by atoms with Gasteiger partial charge in [0, 0.05) is 25.1 Å². The predicted octanol–water partition coefficient (Wildman–Crippen LogP) is 5.14. The van der Waals surface area contributed by atoms with Crippen LogP contribution in [0.1, 0.15) is 4.88 Å². The van der Waals surface area contributed by atoms with Crippen LogP contribution in [0.3, 0.4) is 0 Å². The van der Waals surface area contributed by atoms with Crippen LogP contribution in [0.5, 0.6) is 0 Å². The summed E-state index contributed by atoms with van der Waals surface area (Å²) in [5.41, 5.74) is 0.556. The van der Waals surface area contributed by atoms with Gasteiger partial charge in [-0.1, -0.05) is 23.2 Å². The van der Waals surface area contributed by atoms with Crippen molar-refractivity contribution in [2.24, 2.45) is 0 Å². The Morgan fingerprint density at radius 2 is 1.95 bits per heavy atom. The minimum absolute atomic E-state index is 0.307. The second-order valence-electron chi connectivity index (χ2n) is 3.66. The molecule has 0 aliphatic carbocycles. The number of thiophene rings is 1. The van der Waals surface area contributed by atoms with Crippen molar-refractivity contribution in [3.05, 3.63) is 49.0 Å². The Labute approximate surface area is 133 Å². The number of halogens is 3. The topological polar surface area (TPSA) is 41.1 Å². The molecule has 0 saturated carbocycles. The Bertz CT molecular complexity index is 583. The fraction of sp³-hybridized carbons (Fsp3) is 0.0833. The van der Waals surface area contributed by atoms with Crippen molar-refractivity contribution < 1.29 is 4.79 Å². The molecule has 0 bridgehead atoms. The first kappa shape index (κ1) is 14.7. The molecule has 1 heterocycles. The number of carbonyl (C=O) groups is 1. The van der Waals surface area contributed by atoms with E-state index in [1.807, 2.05) is 11.4 Å². The summed E-state index contributed by atoms with van der Waals surface area (Å²) in [6.07, 6.45) is 0. The molecule has 0 unspecified atom stereocenters. The molecule has 3 nitrogen and oxygen atoms in total. The van der Waals surface area contributed by atoms with Crippen molar-refractivity contribution in [2.45, 2.75) is 6.54 Å². The maximum atomic E-state index is 11.7. The van der Waals surface area contributed by atoms with Gasteiger partial charge in [0.05, 0.1) is 6.54 Å². The molecule has 0 radical (unpaired) electrons. The number of rotatable bonds is 3. The van der Waals surface area contributed by atoms with Crippen LogP contribution < -0.4 is 10.6 Å². The first-order chi connectivity index (χ1) is 9.04. The molecule has 100 valence electrons. The molecule has 2 amide bonds. The zero-order valence-electron chi connectivity index (χ0n) is 9.54. The van der Waals surface area contributed by atoms with Gasteiger partial charge < -0.3 is 10.6 Å². The Kier molecular flexibility index (Phi) is 5.10. The fourth-order valence-corrected chi connectivity index (χ4v) is 3.37. The van der Waals surface area contributed by atoms with Crippen molar-refractivity contribution >= 4 is 62.2 Å². The molecule has 0 spiro atoms. The number of anilines is 1. The number of benzene rings is 1. The number of urea groups is 1. The summed E-state index contributed by atoms with van der Waals surface area (Å²) in [6.45, 7) is 0.457. The first-order valence-corrected chi connectivity index (χ1v) is 7.70. The average molecular weight is 380 g/mol. The van der Waals surface area contributed by atoms with Gasteiger partial charge in [-0.25, -0.2) is 4.79 Å². The van der Waals surface area contributed by atoms with E-state index in [9.17, 15) is 4.79 Å². The number of nitrogens with one attached hydrogen (secondary N) is 2. The molecule has 1 aromatic carbocycles. The molecule has 19 heavy (non-hydrogen) atoms. The van der Waals surface area contributed by atoms with Crippen molar-refractivity contribution in [1.29, 1.82) is 0 Å². The van der Waals surface area contributed by atoms with Crippen molar-refractivity contribution in [3.8, 4) is 0 Å². The molecule has 2 aromatic rings. The minimum atomic E-state index is -0.307. The molecule has 0 saturated heterocycles. The summed E-state index contributed by atoms with van der Waals surface area (Å²) >= 11 is 16.7. The zero-order valence-corrected chi connectivity index (χ0v) is 13.5. The maximum Gasteiger partial charge on any atom is 0.319 e. The van der Waals surface area contributed by atoms with Gasteiger partial charge in [0.15, 0.2) is 0 Å². The quantitative estimate of drug-likeness (QED) is 0.761. The highest BCUT2D eigenvalue weighted by atomic mass is 79.9. The van der Waals surface area contributed by atoms with Crippen LogP contribution in [0, 0.1) is 0 Å². The summed E-state index contributed by atoms with van der Waals surface area (Å²) in [7, 11) is 0. The van der Waals surface area contributed by atoms with Crippen LogP contribution >= 0.6 is 50.5 Å². The average Bonchev–Trinajstić information content (AvgIpc) is 2.71. The van der Waals surface area contributed by atoms with E-state index < -0.39 is 0 Å². The molecule has 7 heteroatoms. The highest BCUT2D eigenvalue weighted by Gasteiger charge is 2.06. The van der Waals surface area contributed by atoms with Gasteiger partial charge in [0.25, 0.3) is 0 Å². The largest absolute Gasteiger partial charge is 0.333 e. The van der Waals surface area contributed by atoms with E-state index >= 15 is 0 Å². The van der Waals surface area contributed by atoms with Gasteiger partial charge in [-0.2, -0.15) is 0 Å². The first-order valence-electron chi connectivity index (χ1n) is 5.27. The van der Waals surface area contributed by atoms with Gasteiger partial charge in [-0.05, 0) is 45.6 Å². The van der Waals surface area contributed by atoms with Gasteiger partial charge >= 0.3 is 6.03 Å². The van der Waals surface area contributed by atoms with E-state index in [1.165, 1.54) is 0 Å². The predicted molar refractivity (Wildman–Crippen MR) is 84.3 cm³/mol. The lowest BCUT2D eigenvalue weighted by molar-refractivity contribution is 0.252. The molecule has 0 atom stereocenters. The van der Waals surface area contributed by atoms with E-state index in [0.29, 0.717) is 22.3 Å². The summed E-state index contributed by atoms with van der Waals surface area (Å²) < 4.78 is 0.989. The monoisotopic (exact) mass is 378 g/mol. The van der Waals surface area contributed by atoms with Crippen LogP contribution in [0.15, 0.2) is 34.1 Å². The van der Waals surface area contributed by atoms with E-state index in [1.54, 1.807) is 29.5 Å². The highest BCUT2D eigenvalue weighted by molar-refractivity contribution is 9.10. The Morgan fingerprint density at radius 3 is 2.53 bits per heavy atom. The highest BCUT2D eigenvalue weighted by Crippen LogP contribution is 2.23. The third-order valence-electron chi connectivity index (χ3n) is 2.22. The second kappa shape index (κ2) is 6.61. The van der Waals surface area contributed by atoms with Crippen LogP contribution in [0.25, 0.3) is 0 Å². The molecule has 0 fully saturated rings. The number of amides is 2. The lowest BCUT2D eigenvalue weighted by Gasteiger charge is -2.08. The van der Waals surface area contributed by atoms with E-state index in [0.717, 1.165) is 9.35 Å². The minimum Gasteiger partial charge on any atom is -0.333 e. The van der Waals surface area contributed by atoms with Gasteiger partial charge in [-0.15, -0.1) is 11.3 Å². The Balaban J connectivity index is 1.92. The molecular formula is C12H9BrCl2N2OS. The van der Waals surface area contributed by atoms with Gasteiger partial charge in [-0.3, -0.25) is 0 Å². The summed E-state index contributed by atoms with van der Waals surface area (Å²) in [4.78, 5) is 12.8. The van der Waals surface area contributed by atoms with E-state index in [-0.39, 0.29) is 6.03 Å². The van der Waals surface area contributed by atoms with Crippen molar-refractivity contribution in [3.63, 3.8) is 0 Å². The fourth-order valence-electron chi connectivity index (χ4n) is 1.41. The number of hydrogen-bond acceptors (Lipinski definition) is 2. The normalized spacial score (nSPS) is 10.3. The third kappa shape index (κ3) is 4.38. The lowest BCUT2D eigenvalue weighted by atomic mass is 10.3.